The Labute approximate surface area is 59.1 Å². The molecule has 0 fully saturated rings. The van der Waals surface area contributed by atoms with Gasteiger partial charge in [-0.15, -0.1) is 0 Å². The highest BCUT2D eigenvalue weighted by atomic mass is 31.2. The first-order valence-corrected chi connectivity index (χ1v) is 4.94. The van der Waals surface area contributed by atoms with E-state index in [9.17, 15) is 9.13 Å². The third-order valence-corrected chi connectivity index (χ3v) is 2.71. The minimum absolute atomic E-state index is 0.228. The van der Waals surface area contributed by atoms with Gasteiger partial charge in [0.05, 0.1) is 0 Å². The fraction of sp³-hybridized carbons (Fsp3) is 0.333. The van der Waals surface area contributed by atoms with Crippen LogP contribution in [0.3, 0.4) is 0 Å². The second-order valence-electron chi connectivity index (χ2n) is 1.69. The van der Waals surface area contributed by atoms with Crippen molar-refractivity contribution in [2.24, 2.45) is 0 Å². The zero-order valence-electron chi connectivity index (χ0n) is 4.88. The fourth-order valence-corrected chi connectivity index (χ4v) is 2.08. The van der Waals surface area contributed by atoms with Crippen LogP contribution in [0, 0.1) is 0 Å². The Morgan fingerprint density at radius 2 is 2.50 bits per heavy atom. The van der Waals surface area contributed by atoms with E-state index in [4.69, 9.17) is 4.89 Å². The molecule has 1 aliphatic rings. The minimum atomic E-state index is -3.53. The largest absolute Gasteiger partial charge is 0.430 e. The van der Waals surface area contributed by atoms with E-state index in [0.29, 0.717) is 0 Å². The fourth-order valence-electron chi connectivity index (χ4n) is 0.509. The lowest BCUT2D eigenvalue weighted by Crippen LogP contribution is -2.11. The van der Waals surface area contributed by atoms with E-state index in [2.05, 4.69) is 4.52 Å². The van der Waals surface area contributed by atoms with Gasteiger partial charge in [0.15, 0.2) is 0 Å². The maximum absolute atomic E-state index is 10.7. The predicted molar refractivity (Wildman–Crippen MR) is 34.4 cm³/mol. The Morgan fingerprint density at radius 1 is 1.80 bits per heavy atom. The molecule has 56 valence electrons. The summed E-state index contributed by atoms with van der Waals surface area (Å²) in [4.78, 5) is 8.77. The van der Waals surface area contributed by atoms with E-state index < -0.39 is 7.60 Å². The minimum Gasteiger partial charge on any atom is -0.430 e. The second kappa shape index (κ2) is 2.70. The van der Waals surface area contributed by atoms with Crippen LogP contribution in [0.15, 0.2) is 12.5 Å². The van der Waals surface area contributed by atoms with Crippen LogP contribution >= 0.6 is 16.2 Å². The van der Waals surface area contributed by atoms with Crippen LogP contribution in [0.5, 0.6) is 0 Å². The van der Waals surface area contributed by atoms with Gasteiger partial charge in [0.1, 0.15) is 12.5 Å². The van der Waals surface area contributed by atoms with Crippen LogP contribution in [0.4, 0.5) is 0 Å². The highest BCUT2D eigenvalue weighted by Gasteiger charge is 2.25. The van der Waals surface area contributed by atoms with Crippen molar-refractivity contribution in [1.82, 2.24) is 4.67 Å². The Morgan fingerprint density at radius 3 is 2.90 bits per heavy atom. The SMILES string of the molecule is O=PN1C=COP(=O)(O)C1. The summed E-state index contributed by atoms with van der Waals surface area (Å²) in [5.74, 6) is 0. The zero-order chi connectivity index (χ0) is 7.61. The molecule has 0 radical (unpaired) electrons. The van der Waals surface area contributed by atoms with Crippen molar-refractivity contribution in [1.29, 1.82) is 0 Å². The Balaban J connectivity index is 2.72. The molecule has 1 aliphatic heterocycles. The number of hydrogen-bond acceptors (Lipinski definition) is 3. The molecule has 0 amide bonds. The van der Waals surface area contributed by atoms with E-state index in [0.717, 1.165) is 10.9 Å². The molecule has 0 aromatic rings. The Kier molecular flexibility index (Phi) is 2.09. The van der Waals surface area contributed by atoms with Crippen LogP contribution in [0.2, 0.25) is 0 Å². The normalized spacial score (nSPS) is 32.3. The molecule has 0 bridgehead atoms. The lowest BCUT2D eigenvalue weighted by atomic mass is 10.9. The molecule has 0 saturated heterocycles. The number of nitrogens with zero attached hydrogens (tertiary/aromatic N) is 1. The average molecular weight is 181 g/mol. The van der Waals surface area contributed by atoms with Crippen molar-refractivity contribution in [2.75, 3.05) is 6.29 Å². The summed E-state index contributed by atoms with van der Waals surface area (Å²) in [5, 5.41) is 0. The molecule has 5 nitrogen and oxygen atoms in total. The topological polar surface area (TPSA) is 66.8 Å². The molecule has 0 aromatic carbocycles. The van der Waals surface area contributed by atoms with Crippen molar-refractivity contribution >= 4 is 16.2 Å². The summed E-state index contributed by atoms with van der Waals surface area (Å²) in [6.07, 6.45) is 2.16. The van der Waals surface area contributed by atoms with Crippen molar-refractivity contribution in [3.8, 4) is 0 Å². The molecule has 1 rings (SSSR count). The summed E-state index contributed by atoms with van der Waals surface area (Å²) in [6.45, 7) is 0. The van der Waals surface area contributed by atoms with Gasteiger partial charge in [-0.25, -0.2) is 9.13 Å². The molecular weight excluding hydrogens is 176 g/mol. The first kappa shape index (κ1) is 7.73. The first-order valence-electron chi connectivity index (χ1n) is 2.41. The zero-order valence-corrected chi connectivity index (χ0v) is 6.66. The quantitative estimate of drug-likeness (QED) is 0.614. The van der Waals surface area contributed by atoms with E-state index in [1.165, 1.54) is 6.20 Å². The predicted octanol–water partition coefficient (Wildman–Crippen LogP) is 1.14. The lowest BCUT2D eigenvalue weighted by Gasteiger charge is -2.19. The lowest BCUT2D eigenvalue weighted by molar-refractivity contribution is 0.319. The van der Waals surface area contributed by atoms with E-state index >= 15 is 0 Å². The van der Waals surface area contributed by atoms with E-state index in [1.54, 1.807) is 0 Å². The van der Waals surface area contributed by atoms with Gasteiger partial charge in [-0.1, -0.05) is 0 Å². The number of rotatable bonds is 1. The molecule has 1 atom stereocenters. The molecule has 10 heavy (non-hydrogen) atoms. The highest BCUT2D eigenvalue weighted by molar-refractivity contribution is 7.53. The van der Waals surface area contributed by atoms with E-state index in [-0.39, 0.29) is 14.9 Å². The maximum Gasteiger partial charge on any atom is 0.396 e. The Hall–Kier alpha value is -0.370. The van der Waals surface area contributed by atoms with Gasteiger partial charge in [0, 0.05) is 6.20 Å². The molecule has 1 N–H and O–H groups in total. The van der Waals surface area contributed by atoms with Gasteiger partial charge in [-0.3, -0.25) is 4.67 Å². The van der Waals surface area contributed by atoms with Gasteiger partial charge in [-0.05, 0) is 0 Å². The van der Waals surface area contributed by atoms with Gasteiger partial charge < -0.3 is 9.42 Å². The molecule has 7 heteroatoms. The number of hydrogen-bond donors (Lipinski definition) is 1. The monoisotopic (exact) mass is 181 g/mol. The van der Waals surface area contributed by atoms with E-state index in [1.807, 2.05) is 0 Å². The summed E-state index contributed by atoms with van der Waals surface area (Å²) >= 11 is 0. The van der Waals surface area contributed by atoms with Crippen molar-refractivity contribution in [3.63, 3.8) is 0 Å². The van der Waals surface area contributed by atoms with Gasteiger partial charge >= 0.3 is 7.60 Å². The van der Waals surface area contributed by atoms with Crippen LogP contribution < -0.4 is 0 Å². The summed E-state index contributed by atoms with van der Waals surface area (Å²) in [5.41, 5.74) is 0. The molecule has 0 aromatic heterocycles. The van der Waals surface area contributed by atoms with Crippen LogP contribution in [0.25, 0.3) is 0 Å². The highest BCUT2D eigenvalue weighted by Crippen LogP contribution is 2.46. The molecule has 0 spiro atoms. The van der Waals surface area contributed by atoms with Crippen molar-refractivity contribution in [2.45, 2.75) is 0 Å². The molecule has 0 aliphatic carbocycles. The molecule has 0 saturated carbocycles. The Bertz CT molecular complexity index is 215. The standard InChI is InChI=1S/C3H5NO4P2/c5-9-4-1-2-8-10(6,7)3-4/h1-2H,3H2,(H,6,7). The van der Waals surface area contributed by atoms with Crippen LogP contribution in [-0.2, 0) is 13.7 Å². The first-order chi connectivity index (χ1) is 4.64. The summed E-state index contributed by atoms with van der Waals surface area (Å²) in [7, 11) is -3.83. The van der Waals surface area contributed by atoms with Crippen LogP contribution in [0.1, 0.15) is 0 Å². The molecular formula is C3H5NO4P2. The third-order valence-electron chi connectivity index (χ3n) is 0.887. The van der Waals surface area contributed by atoms with Crippen molar-refractivity contribution < 1.29 is 18.5 Å². The van der Waals surface area contributed by atoms with Crippen LogP contribution in [-0.4, -0.2) is 15.8 Å². The van der Waals surface area contributed by atoms with Crippen molar-refractivity contribution in [3.05, 3.63) is 12.5 Å². The summed E-state index contributed by atoms with van der Waals surface area (Å²) in [6, 6.07) is 0. The third kappa shape index (κ3) is 1.81. The van der Waals surface area contributed by atoms with Gasteiger partial charge in [0.25, 0.3) is 8.61 Å². The summed E-state index contributed by atoms with van der Waals surface area (Å²) < 4.78 is 26.3. The smallest absolute Gasteiger partial charge is 0.396 e. The van der Waals surface area contributed by atoms with Gasteiger partial charge in [0.2, 0.25) is 0 Å². The maximum atomic E-state index is 10.7. The second-order valence-corrected chi connectivity index (χ2v) is 4.14. The molecule has 1 unspecified atom stereocenters. The molecule has 1 heterocycles. The average Bonchev–Trinajstić information content (AvgIpc) is 1.86. The van der Waals surface area contributed by atoms with Gasteiger partial charge in [-0.2, -0.15) is 0 Å².